The van der Waals surface area contributed by atoms with Crippen LogP contribution in [-0.2, 0) is 12.5 Å². The second-order valence-corrected chi connectivity index (χ2v) is 9.36. The molecule has 3 aromatic heterocycles. The minimum Gasteiger partial charge on any atom is -0.455 e. The van der Waals surface area contributed by atoms with Gasteiger partial charge in [0.25, 0.3) is 0 Å². The van der Waals surface area contributed by atoms with Crippen LogP contribution >= 0.6 is 0 Å². The summed E-state index contributed by atoms with van der Waals surface area (Å²) < 4.78 is 8.77. The normalized spacial score (nSPS) is 14.2. The van der Waals surface area contributed by atoms with E-state index in [2.05, 4.69) is 88.0 Å². The molecule has 3 heterocycles. The van der Waals surface area contributed by atoms with E-state index in [1.807, 2.05) is 12.3 Å². The fraction of sp³-hybridized carbons (Fsp3) is 0.214. The fourth-order valence-corrected chi connectivity index (χ4v) is 5.30. The lowest BCUT2D eigenvalue weighted by Gasteiger charge is -2.19. The van der Waals surface area contributed by atoms with Crippen molar-refractivity contribution in [1.82, 2.24) is 4.98 Å². The number of aromatic nitrogens is 2. The van der Waals surface area contributed by atoms with Gasteiger partial charge in [-0.1, -0.05) is 32.0 Å². The Morgan fingerprint density at radius 3 is 2.58 bits per heavy atom. The average Bonchev–Trinajstić information content (AvgIpc) is 3.21. The van der Waals surface area contributed by atoms with Crippen LogP contribution < -0.4 is 4.57 Å². The number of aryl methyl sites for hydroxylation is 3. The van der Waals surface area contributed by atoms with Crippen LogP contribution in [0.15, 0.2) is 65.3 Å². The fourth-order valence-electron chi connectivity index (χ4n) is 5.30. The lowest BCUT2D eigenvalue weighted by molar-refractivity contribution is -0.660. The van der Waals surface area contributed by atoms with E-state index in [4.69, 9.17) is 9.40 Å². The molecule has 0 aliphatic heterocycles. The Hall–Kier alpha value is -3.46. The lowest BCUT2D eigenvalue weighted by atomic mass is 9.84. The Kier molecular flexibility index (Phi) is 3.57. The maximum Gasteiger partial charge on any atom is 0.216 e. The molecular weight excluding hydrogens is 380 g/mol. The smallest absolute Gasteiger partial charge is 0.216 e. The first kappa shape index (κ1) is 18.3. The Labute approximate surface area is 182 Å². The molecule has 5 aromatic rings. The molecule has 0 amide bonds. The van der Waals surface area contributed by atoms with E-state index in [0.717, 1.165) is 28.1 Å². The molecule has 0 saturated heterocycles. The first-order valence-electron chi connectivity index (χ1n) is 10.8. The molecule has 1 aliphatic rings. The number of rotatable bonds is 1. The van der Waals surface area contributed by atoms with Crippen molar-refractivity contribution < 1.29 is 8.98 Å². The van der Waals surface area contributed by atoms with Crippen molar-refractivity contribution in [3.63, 3.8) is 0 Å². The highest BCUT2D eigenvalue weighted by Crippen LogP contribution is 2.50. The summed E-state index contributed by atoms with van der Waals surface area (Å²) in [5.74, 6) is 0. The third-order valence-corrected chi connectivity index (χ3v) is 6.89. The van der Waals surface area contributed by atoms with Crippen LogP contribution in [0.1, 0.15) is 36.2 Å². The van der Waals surface area contributed by atoms with E-state index in [1.165, 1.54) is 38.6 Å². The zero-order valence-electron chi connectivity index (χ0n) is 18.6. The number of hydrogen-bond donors (Lipinski definition) is 0. The zero-order valence-corrected chi connectivity index (χ0v) is 18.6. The molecule has 152 valence electrons. The molecule has 0 atom stereocenters. The van der Waals surface area contributed by atoms with Crippen molar-refractivity contribution in [3.8, 4) is 22.4 Å². The summed E-state index contributed by atoms with van der Waals surface area (Å²) in [6.07, 6.45) is 4.06. The zero-order chi connectivity index (χ0) is 21.5. The van der Waals surface area contributed by atoms with Crippen LogP contribution in [0.4, 0.5) is 0 Å². The Bertz CT molecular complexity index is 1540. The van der Waals surface area contributed by atoms with Gasteiger partial charge in [0, 0.05) is 39.6 Å². The predicted molar refractivity (Wildman–Crippen MR) is 125 cm³/mol. The minimum absolute atomic E-state index is 0.124. The van der Waals surface area contributed by atoms with Gasteiger partial charge in [-0.2, -0.15) is 0 Å². The van der Waals surface area contributed by atoms with Crippen molar-refractivity contribution >= 4 is 21.9 Å². The van der Waals surface area contributed by atoms with Gasteiger partial charge in [-0.25, -0.2) is 4.57 Å². The summed E-state index contributed by atoms with van der Waals surface area (Å²) in [5, 5.41) is 2.34. The van der Waals surface area contributed by atoms with Crippen molar-refractivity contribution in [2.45, 2.75) is 33.1 Å². The monoisotopic (exact) mass is 405 g/mol. The molecule has 3 nitrogen and oxygen atoms in total. The molecule has 0 saturated carbocycles. The molecule has 3 heteroatoms. The lowest BCUT2D eigenvalue weighted by Crippen LogP contribution is -2.31. The van der Waals surface area contributed by atoms with Gasteiger partial charge in [0.2, 0.25) is 5.69 Å². The summed E-state index contributed by atoms with van der Waals surface area (Å²) >= 11 is 0. The Balaban J connectivity index is 1.69. The predicted octanol–water partition coefficient (Wildman–Crippen LogP) is 6.40. The molecule has 0 spiro atoms. The third kappa shape index (κ3) is 2.40. The molecule has 0 fully saturated rings. The van der Waals surface area contributed by atoms with Crippen molar-refractivity contribution in [2.75, 3.05) is 0 Å². The second kappa shape index (κ2) is 6.04. The second-order valence-electron chi connectivity index (χ2n) is 9.36. The highest BCUT2D eigenvalue weighted by molar-refractivity contribution is 6.11. The number of fused-ring (bicyclic) bond motifs is 6. The maximum atomic E-state index is 6.58. The summed E-state index contributed by atoms with van der Waals surface area (Å²) in [5.41, 5.74) is 11.5. The number of pyridine rings is 2. The topological polar surface area (TPSA) is 29.9 Å². The van der Waals surface area contributed by atoms with Gasteiger partial charge >= 0.3 is 0 Å². The molecule has 0 bridgehead atoms. The van der Waals surface area contributed by atoms with Crippen LogP contribution in [0.3, 0.4) is 0 Å². The van der Waals surface area contributed by atoms with Crippen molar-refractivity contribution in [3.05, 3.63) is 83.3 Å². The molecule has 31 heavy (non-hydrogen) atoms. The molecule has 0 unspecified atom stereocenters. The van der Waals surface area contributed by atoms with Gasteiger partial charge in [0.15, 0.2) is 6.20 Å². The van der Waals surface area contributed by atoms with Crippen LogP contribution in [0.2, 0.25) is 0 Å². The molecular formula is C28H25N2O+. The highest BCUT2D eigenvalue weighted by Gasteiger charge is 2.37. The van der Waals surface area contributed by atoms with Crippen LogP contribution in [0, 0.1) is 13.8 Å². The standard InChI is InChI=1S/C28H25N2O/c1-16-8-11-23(30(5)15-16)25-17(2)9-10-18-21-13-22-20(14-24(21)31-26(18)25)19-7-6-12-29-27(19)28(22,3)4/h6-15H,1-5H3/q+1. The van der Waals surface area contributed by atoms with Crippen molar-refractivity contribution in [2.24, 2.45) is 7.05 Å². The number of benzene rings is 2. The molecule has 0 N–H and O–H groups in total. The summed E-state index contributed by atoms with van der Waals surface area (Å²) in [4.78, 5) is 4.71. The molecule has 2 aromatic carbocycles. The van der Waals surface area contributed by atoms with Gasteiger partial charge in [-0.05, 0) is 54.8 Å². The average molecular weight is 406 g/mol. The van der Waals surface area contributed by atoms with E-state index >= 15 is 0 Å². The van der Waals surface area contributed by atoms with Crippen molar-refractivity contribution in [1.29, 1.82) is 0 Å². The van der Waals surface area contributed by atoms with Gasteiger partial charge in [-0.15, -0.1) is 0 Å². The highest BCUT2D eigenvalue weighted by atomic mass is 16.3. The first-order chi connectivity index (χ1) is 14.9. The van der Waals surface area contributed by atoms with E-state index in [1.54, 1.807) is 0 Å². The molecule has 1 aliphatic carbocycles. The SMILES string of the molecule is Cc1ccc(-c2c(C)ccc3c2oc2cc4c(cc23)C(C)(C)c2ncccc2-4)[n+](C)c1. The maximum absolute atomic E-state index is 6.58. The van der Waals surface area contributed by atoms with E-state index < -0.39 is 0 Å². The van der Waals surface area contributed by atoms with Gasteiger partial charge in [0.05, 0.1) is 11.3 Å². The van der Waals surface area contributed by atoms with E-state index in [0.29, 0.717) is 0 Å². The Morgan fingerprint density at radius 1 is 0.935 bits per heavy atom. The third-order valence-electron chi connectivity index (χ3n) is 6.89. The summed E-state index contributed by atoms with van der Waals surface area (Å²) in [6, 6.07) is 17.5. The molecule has 6 rings (SSSR count). The molecule has 0 radical (unpaired) electrons. The van der Waals surface area contributed by atoms with Crippen LogP contribution in [-0.4, -0.2) is 4.98 Å². The number of hydrogen-bond acceptors (Lipinski definition) is 2. The van der Waals surface area contributed by atoms with Gasteiger partial charge in [-0.3, -0.25) is 4.98 Å². The van der Waals surface area contributed by atoms with E-state index in [-0.39, 0.29) is 5.41 Å². The Morgan fingerprint density at radius 2 is 1.77 bits per heavy atom. The van der Waals surface area contributed by atoms with E-state index in [9.17, 15) is 0 Å². The minimum atomic E-state index is -0.124. The number of furan rings is 1. The number of nitrogens with zero attached hydrogens (tertiary/aromatic N) is 2. The quantitative estimate of drug-likeness (QED) is 0.302. The van der Waals surface area contributed by atoms with Crippen LogP contribution in [0.5, 0.6) is 0 Å². The van der Waals surface area contributed by atoms with Crippen LogP contribution in [0.25, 0.3) is 44.3 Å². The van der Waals surface area contributed by atoms with Gasteiger partial charge < -0.3 is 4.42 Å². The first-order valence-corrected chi connectivity index (χ1v) is 10.8. The summed E-state index contributed by atoms with van der Waals surface area (Å²) in [7, 11) is 2.10. The summed E-state index contributed by atoms with van der Waals surface area (Å²) in [6.45, 7) is 8.81. The van der Waals surface area contributed by atoms with Gasteiger partial charge in [0.1, 0.15) is 18.2 Å². The largest absolute Gasteiger partial charge is 0.455 e.